The third-order valence-electron chi connectivity index (χ3n) is 3.39. The summed E-state index contributed by atoms with van der Waals surface area (Å²) in [5.41, 5.74) is 5.72. The normalized spacial score (nSPS) is 26.5. The van der Waals surface area contributed by atoms with Gasteiger partial charge in [-0.2, -0.15) is 0 Å². The monoisotopic (exact) mass is 372 g/mol. The Labute approximate surface area is 138 Å². The van der Waals surface area contributed by atoms with Gasteiger partial charge >= 0.3 is 6.09 Å². The van der Waals surface area contributed by atoms with Crippen molar-refractivity contribution in [3.8, 4) is 0 Å². The topological polar surface area (TPSA) is 82.8 Å². The molecule has 2 saturated heterocycles. The van der Waals surface area contributed by atoms with Gasteiger partial charge in [-0.05, 0) is 5.56 Å². The van der Waals surface area contributed by atoms with Crippen molar-refractivity contribution in [3.05, 3.63) is 35.9 Å². The Morgan fingerprint density at radius 3 is 2.77 bits per heavy atom. The first-order valence-corrected chi connectivity index (χ1v) is 8.30. The SMILES string of the molecule is BrCC1COC2(CCNC2)O1.NC(=O)OCc1ccccc1. The maximum Gasteiger partial charge on any atom is 0.404 e. The summed E-state index contributed by atoms with van der Waals surface area (Å²) in [5.74, 6) is -0.279. The lowest BCUT2D eigenvalue weighted by Crippen LogP contribution is -2.33. The third kappa shape index (κ3) is 5.24. The number of alkyl halides is 1. The number of carbonyl (C=O) groups excluding carboxylic acids is 1. The van der Waals surface area contributed by atoms with Crippen LogP contribution in [0.15, 0.2) is 30.3 Å². The molecular formula is C15H21BrN2O4. The van der Waals surface area contributed by atoms with Crippen LogP contribution in [0.4, 0.5) is 4.79 Å². The van der Waals surface area contributed by atoms with Crippen LogP contribution in [0.2, 0.25) is 0 Å². The Hall–Kier alpha value is -1.15. The largest absolute Gasteiger partial charge is 0.445 e. The van der Waals surface area contributed by atoms with E-state index in [0.29, 0.717) is 0 Å². The van der Waals surface area contributed by atoms with Crippen LogP contribution in [0.1, 0.15) is 12.0 Å². The first-order valence-electron chi connectivity index (χ1n) is 7.18. The first kappa shape index (κ1) is 17.2. The molecule has 3 rings (SSSR count). The lowest BCUT2D eigenvalue weighted by Gasteiger charge is -2.20. The molecule has 2 heterocycles. The fourth-order valence-electron chi connectivity index (χ4n) is 2.29. The molecule has 2 aliphatic heterocycles. The van der Waals surface area contributed by atoms with Crippen LogP contribution in [-0.2, 0) is 20.8 Å². The van der Waals surface area contributed by atoms with E-state index in [0.717, 1.165) is 37.0 Å². The summed E-state index contributed by atoms with van der Waals surface area (Å²) in [4.78, 5) is 10.2. The molecule has 7 heteroatoms. The number of nitrogens with two attached hydrogens (primary N) is 1. The van der Waals surface area contributed by atoms with E-state index in [-0.39, 0.29) is 18.5 Å². The summed E-state index contributed by atoms with van der Waals surface area (Å²) in [5, 5.41) is 4.10. The second-order valence-electron chi connectivity index (χ2n) is 5.14. The van der Waals surface area contributed by atoms with Crippen molar-refractivity contribution in [3.63, 3.8) is 0 Å². The molecule has 1 spiro atoms. The predicted octanol–water partition coefficient (Wildman–Crippen LogP) is 1.77. The Bertz CT molecular complexity index is 466. The molecule has 122 valence electrons. The number of nitrogens with one attached hydrogen (secondary N) is 1. The highest BCUT2D eigenvalue weighted by Crippen LogP contribution is 2.29. The highest BCUT2D eigenvalue weighted by atomic mass is 79.9. The molecule has 0 radical (unpaired) electrons. The van der Waals surface area contributed by atoms with Gasteiger partial charge in [-0.3, -0.25) is 0 Å². The maximum atomic E-state index is 10.2. The molecule has 6 nitrogen and oxygen atoms in total. The van der Waals surface area contributed by atoms with Crippen molar-refractivity contribution in [2.45, 2.75) is 24.9 Å². The zero-order chi connectivity index (χ0) is 15.8. The lowest BCUT2D eigenvalue weighted by molar-refractivity contribution is -0.148. The van der Waals surface area contributed by atoms with Crippen molar-refractivity contribution in [1.82, 2.24) is 5.32 Å². The Balaban J connectivity index is 0.000000160. The van der Waals surface area contributed by atoms with Crippen LogP contribution in [0.3, 0.4) is 0 Å². The number of rotatable bonds is 3. The lowest BCUT2D eigenvalue weighted by atomic mass is 10.2. The van der Waals surface area contributed by atoms with Gasteiger partial charge in [0.2, 0.25) is 0 Å². The van der Waals surface area contributed by atoms with E-state index in [1.54, 1.807) is 0 Å². The van der Waals surface area contributed by atoms with E-state index in [1.165, 1.54) is 0 Å². The van der Waals surface area contributed by atoms with E-state index in [9.17, 15) is 4.79 Å². The predicted molar refractivity (Wildman–Crippen MR) is 85.7 cm³/mol. The second kappa shape index (κ2) is 8.47. The summed E-state index contributed by atoms with van der Waals surface area (Å²) in [7, 11) is 0. The molecule has 1 aromatic carbocycles. The van der Waals surface area contributed by atoms with Crippen LogP contribution >= 0.6 is 15.9 Å². The summed E-state index contributed by atoms with van der Waals surface area (Å²) in [6.45, 7) is 2.83. The molecule has 2 atom stereocenters. The molecular weight excluding hydrogens is 352 g/mol. The minimum atomic E-state index is -0.742. The van der Waals surface area contributed by atoms with Crippen molar-refractivity contribution in [2.24, 2.45) is 5.73 Å². The van der Waals surface area contributed by atoms with Crippen LogP contribution < -0.4 is 11.1 Å². The van der Waals surface area contributed by atoms with Gasteiger partial charge in [0, 0.05) is 24.8 Å². The molecule has 0 aromatic heterocycles. The van der Waals surface area contributed by atoms with Crippen molar-refractivity contribution < 1.29 is 19.0 Å². The Kier molecular flexibility index (Phi) is 6.63. The van der Waals surface area contributed by atoms with Gasteiger partial charge < -0.3 is 25.3 Å². The smallest absolute Gasteiger partial charge is 0.404 e. The van der Waals surface area contributed by atoms with Gasteiger partial charge in [0.25, 0.3) is 0 Å². The zero-order valence-corrected chi connectivity index (χ0v) is 13.9. The third-order valence-corrected chi connectivity index (χ3v) is 4.11. The summed E-state index contributed by atoms with van der Waals surface area (Å²) < 4.78 is 15.9. The van der Waals surface area contributed by atoms with Crippen molar-refractivity contribution in [2.75, 3.05) is 25.0 Å². The van der Waals surface area contributed by atoms with Gasteiger partial charge in [0.05, 0.1) is 12.7 Å². The molecule has 2 aliphatic rings. The van der Waals surface area contributed by atoms with E-state index >= 15 is 0 Å². The fraction of sp³-hybridized carbons (Fsp3) is 0.533. The highest BCUT2D eigenvalue weighted by molar-refractivity contribution is 9.09. The average Bonchev–Trinajstić information content (AvgIpc) is 3.17. The molecule has 0 saturated carbocycles. The fourth-order valence-corrected chi connectivity index (χ4v) is 2.61. The van der Waals surface area contributed by atoms with Gasteiger partial charge in [-0.15, -0.1) is 0 Å². The second-order valence-corrected chi connectivity index (χ2v) is 5.78. The maximum absolute atomic E-state index is 10.2. The number of primary amides is 1. The van der Waals surface area contributed by atoms with Crippen molar-refractivity contribution >= 4 is 22.0 Å². The van der Waals surface area contributed by atoms with Gasteiger partial charge in [0.15, 0.2) is 5.79 Å². The number of hydrogen-bond donors (Lipinski definition) is 2. The van der Waals surface area contributed by atoms with E-state index in [4.69, 9.17) is 15.2 Å². The first-order chi connectivity index (χ1) is 10.6. The molecule has 22 heavy (non-hydrogen) atoms. The minimum absolute atomic E-state index is 0.245. The number of carbonyl (C=O) groups is 1. The van der Waals surface area contributed by atoms with Gasteiger partial charge in [-0.1, -0.05) is 46.3 Å². The molecule has 0 aliphatic carbocycles. The van der Waals surface area contributed by atoms with E-state index in [1.807, 2.05) is 30.3 Å². The summed E-state index contributed by atoms with van der Waals surface area (Å²) in [6, 6.07) is 9.37. The molecule has 2 unspecified atom stereocenters. The highest BCUT2D eigenvalue weighted by Gasteiger charge is 2.43. The standard InChI is InChI=1S/C8H9NO2.C7H12BrNO2/c9-8(10)11-6-7-4-2-1-3-5-7;8-3-6-4-10-7(11-6)1-2-9-5-7/h1-5H,6H2,(H2,9,10);6,9H,1-5H2. The average molecular weight is 373 g/mol. The molecule has 3 N–H and O–H groups in total. The minimum Gasteiger partial charge on any atom is -0.445 e. The zero-order valence-electron chi connectivity index (χ0n) is 12.3. The van der Waals surface area contributed by atoms with Gasteiger partial charge in [0.1, 0.15) is 6.61 Å². The summed E-state index contributed by atoms with van der Waals surface area (Å²) in [6.07, 6.45) is 0.486. The van der Waals surface area contributed by atoms with Crippen LogP contribution in [0.5, 0.6) is 0 Å². The number of benzene rings is 1. The van der Waals surface area contributed by atoms with E-state index in [2.05, 4.69) is 26.0 Å². The Morgan fingerprint density at radius 1 is 1.45 bits per heavy atom. The number of amides is 1. The number of halogens is 1. The number of ether oxygens (including phenoxy) is 3. The van der Waals surface area contributed by atoms with Gasteiger partial charge in [-0.25, -0.2) is 4.79 Å². The van der Waals surface area contributed by atoms with Crippen LogP contribution in [0, 0.1) is 0 Å². The summed E-state index contributed by atoms with van der Waals surface area (Å²) >= 11 is 3.38. The Morgan fingerprint density at radius 2 is 2.23 bits per heavy atom. The molecule has 1 aromatic rings. The van der Waals surface area contributed by atoms with Crippen molar-refractivity contribution in [1.29, 1.82) is 0 Å². The number of hydrogen-bond acceptors (Lipinski definition) is 5. The van der Waals surface area contributed by atoms with Crippen LogP contribution in [0.25, 0.3) is 0 Å². The van der Waals surface area contributed by atoms with Crippen LogP contribution in [-0.4, -0.2) is 43.0 Å². The quantitative estimate of drug-likeness (QED) is 0.790. The van der Waals surface area contributed by atoms with E-state index < -0.39 is 6.09 Å². The molecule has 1 amide bonds. The molecule has 2 fully saturated rings. The molecule has 0 bridgehead atoms.